The van der Waals surface area contributed by atoms with E-state index in [-0.39, 0.29) is 24.0 Å². The van der Waals surface area contributed by atoms with Gasteiger partial charge in [-0.05, 0) is 11.6 Å². The summed E-state index contributed by atoms with van der Waals surface area (Å²) in [5.41, 5.74) is 7.65. The molecule has 0 atom stereocenters. The third-order valence-corrected chi connectivity index (χ3v) is 2.00. The number of halogens is 1. The van der Waals surface area contributed by atoms with Gasteiger partial charge in [0, 0.05) is 11.8 Å². The molecule has 2 rings (SSSR count). The lowest BCUT2D eigenvalue weighted by Gasteiger charge is -2.16. The van der Waals surface area contributed by atoms with Crippen molar-refractivity contribution in [3.63, 3.8) is 0 Å². The molecule has 0 radical (unpaired) electrons. The maximum atomic E-state index is 5.54. The number of methoxy groups -OCH3 is 1. The van der Waals surface area contributed by atoms with Gasteiger partial charge in [0.15, 0.2) is 5.96 Å². The largest absolute Gasteiger partial charge is 0.497 e. The van der Waals surface area contributed by atoms with Crippen molar-refractivity contribution in [2.24, 2.45) is 10.7 Å². The van der Waals surface area contributed by atoms with Crippen LogP contribution in [-0.2, 0) is 6.54 Å². The van der Waals surface area contributed by atoms with Gasteiger partial charge in [-0.1, -0.05) is 6.07 Å². The molecule has 1 aliphatic rings. The fraction of sp³-hybridized carbons (Fsp3) is 0.222. The smallest absolute Gasteiger partial charge is 0.193 e. The molecule has 5 heteroatoms. The van der Waals surface area contributed by atoms with E-state index in [2.05, 4.69) is 10.3 Å². The molecular formula is C9H12IN3O. The summed E-state index contributed by atoms with van der Waals surface area (Å²) in [6, 6.07) is 5.81. The zero-order valence-electron chi connectivity index (χ0n) is 7.78. The zero-order chi connectivity index (χ0) is 9.26. The number of nitrogens with zero attached hydrogens (tertiary/aromatic N) is 1. The van der Waals surface area contributed by atoms with Crippen LogP contribution >= 0.6 is 24.0 Å². The quantitative estimate of drug-likeness (QED) is 0.774. The SMILES string of the molecule is COc1ccc2c(c1)NC(N)=NC2.I. The van der Waals surface area contributed by atoms with Crippen LogP contribution in [0.5, 0.6) is 5.75 Å². The number of benzene rings is 1. The third kappa shape index (κ3) is 2.09. The van der Waals surface area contributed by atoms with Crippen LogP contribution in [0.3, 0.4) is 0 Å². The molecule has 1 heterocycles. The maximum absolute atomic E-state index is 5.54. The van der Waals surface area contributed by atoms with Gasteiger partial charge in [0.1, 0.15) is 5.75 Å². The first-order valence-corrected chi connectivity index (χ1v) is 4.03. The first-order chi connectivity index (χ1) is 6.29. The monoisotopic (exact) mass is 305 g/mol. The molecule has 1 aliphatic heterocycles. The molecule has 0 aliphatic carbocycles. The van der Waals surface area contributed by atoms with Gasteiger partial charge in [0.25, 0.3) is 0 Å². The fourth-order valence-corrected chi connectivity index (χ4v) is 1.28. The summed E-state index contributed by atoms with van der Waals surface area (Å²) < 4.78 is 5.09. The number of nitrogens with two attached hydrogens (primary N) is 1. The number of hydrogen-bond acceptors (Lipinski definition) is 4. The van der Waals surface area contributed by atoms with E-state index in [0.717, 1.165) is 17.0 Å². The lowest BCUT2D eigenvalue weighted by molar-refractivity contribution is 0.415. The van der Waals surface area contributed by atoms with Crippen molar-refractivity contribution in [1.29, 1.82) is 0 Å². The average molecular weight is 305 g/mol. The van der Waals surface area contributed by atoms with Crippen LogP contribution in [0, 0.1) is 0 Å². The molecule has 1 aromatic rings. The Morgan fingerprint density at radius 2 is 2.29 bits per heavy atom. The Kier molecular flexibility index (Phi) is 3.56. The van der Waals surface area contributed by atoms with Gasteiger partial charge < -0.3 is 15.8 Å². The number of fused-ring (bicyclic) bond motifs is 1. The summed E-state index contributed by atoms with van der Waals surface area (Å²) >= 11 is 0. The highest BCUT2D eigenvalue weighted by molar-refractivity contribution is 14.0. The second kappa shape index (κ2) is 4.50. The number of anilines is 1. The van der Waals surface area contributed by atoms with Crippen molar-refractivity contribution in [3.05, 3.63) is 23.8 Å². The van der Waals surface area contributed by atoms with E-state index >= 15 is 0 Å². The second-order valence-electron chi connectivity index (χ2n) is 2.85. The summed E-state index contributed by atoms with van der Waals surface area (Å²) in [7, 11) is 1.64. The molecule has 0 saturated carbocycles. The summed E-state index contributed by atoms with van der Waals surface area (Å²) in [6.07, 6.45) is 0. The first kappa shape index (κ1) is 11.1. The van der Waals surface area contributed by atoms with Crippen molar-refractivity contribution in [2.75, 3.05) is 12.4 Å². The van der Waals surface area contributed by atoms with Crippen LogP contribution < -0.4 is 15.8 Å². The van der Waals surface area contributed by atoms with Crippen LogP contribution in [-0.4, -0.2) is 13.1 Å². The molecule has 0 fully saturated rings. The highest BCUT2D eigenvalue weighted by Crippen LogP contribution is 2.24. The molecule has 0 bridgehead atoms. The van der Waals surface area contributed by atoms with Crippen LogP contribution in [0.25, 0.3) is 0 Å². The lowest BCUT2D eigenvalue weighted by atomic mass is 10.1. The number of aliphatic imine (C=N–C) groups is 1. The second-order valence-corrected chi connectivity index (χ2v) is 2.85. The number of rotatable bonds is 1. The topological polar surface area (TPSA) is 59.6 Å². The predicted molar refractivity (Wildman–Crippen MR) is 67.4 cm³/mol. The normalized spacial score (nSPS) is 13.1. The number of hydrogen-bond donors (Lipinski definition) is 2. The Labute approximate surface area is 99.6 Å². The zero-order valence-corrected chi connectivity index (χ0v) is 10.1. The minimum Gasteiger partial charge on any atom is -0.497 e. The molecule has 76 valence electrons. The van der Waals surface area contributed by atoms with Crippen LogP contribution in [0.2, 0.25) is 0 Å². The minimum absolute atomic E-state index is 0. The van der Waals surface area contributed by atoms with Crippen molar-refractivity contribution in [3.8, 4) is 5.75 Å². The van der Waals surface area contributed by atoms with Crippen LogP contribution in [0.1, 0.15) is 5.56 Å². The summed E-state index contributed by atoms with van der Waals surface area (Å²) in [4.78, 5) is 4.07. The van der Waals surface area contributed by atoms with Crippen molar-refractivity contribution < 1.29 is 4.74 Å². The summed E-state index contributed by atoms with van der Waals surface area (Å²) in [5.74, 6) is 1.28. The summed E-state index contributed by atoms with van der Waals surface area (Å²) in [6.45, 7) is 0.637. The Morgan fingerprint density at radius 1 is 1.50 bits per heavy atom. The van der Waals surface area contributed by atoms with E-state index in [0.29, 0.717) is 12.5 Å². The molecule has 0 aromatic heterocycles. The molecule has 0 spiro atoms. The van der Waals surface area contributed by atoms with Gasteiger partial charge in [-0.2, -0.15) is 0 Å². The van der Waals surface area contributed by atoms with Gasteiger partial charge in [0.2, 0.25) is 0 Å². The Bertz CT molecular complexity index is 365. The van der Waals surface area contributed by atoms with E-state index in [1.54, 1.807) is 7.11 Å². The summed E-state index contributed by atoms with van der Waals surface area (Å²) in [5, 5.41) is 2.98. The number of ether oxygens (including phenoxy) is 1. The molecule has 0 saturated heterocycles. The molecule has 4 nitrogen and oxygen atoms in total. The van der Waals surface area contributed by atoms with Crippen molar-refractivity contribution >= 4 is 35.6 Å². The first-order valence-electron chi connectivity index (χ1n) is 4.03. The lowest BCUT2D eigenvalue weighted by Crippen LogP contribution is -2.26. The van der Waals surface area contributed by atoms with Gasteiger partial charge >= 0.3 is 0 Å². The predicted octanol–water partition coefficient (Wildman–Crippen LogP) is 1.55. The third-order valence-electron chi connectivity index (χ3n) is 2.00. The maximum Gasteiger partial charge on any atom is 0.193 e. The van der Waals surface area contributed by atoms with Gasteiger partial charge in [-0.3, -0.25) is 0 Å². The number of guanidine groups is 1. The van der Waals surface area contributed by atoms with Gasteiger partial charge in [0.05, 0.1) is 13.7 Å². The van der Waals surface area contributed by atoms with Gasteiger partial charge in [-0.25, -0.2) is 4.99 Å². The number of nitrogens with one attached hydrogen (secondary N) is 1. The van der Waals surface area contributed by atoms with Crippen molar-refractivity contribution in [2.45, 2.75) is 6.54 Å². The molecule has 0 unspecified atom stereocenters. The molecular weight excluding hydrogens is 293 g/mol. The van der Waals surface area contributed by atoms with E-state index in [1.807, 2.05) is 18.2 Å². The van der Waals surface area contributed by atoms with E-state index in [1.165, 1.54) is 0 Å². The standard InChI is InChI=1S/C9H11N3O.HI/c1-13-7-3-2-6-5-11-9(10)12-8(6)4-7;/h2-4H,5H2,1H3,(H3,10,11,12);1H. The highest BCUT2D eigenvalue weighted by atomic mass is 127. The minimum atomic E-state index is 0. The van der Waals surface area contributed by atoms with Crippen LogP contribution in [0.4, 0.5) is 5.69 Å². The molecule has 3 N–H and O–H groups in total. The highest BCUT2D eigenvalue weighted by Gasteiger charge is 2.09. The van der Waals surface area contributed by atoms with E-state index in [4.69, 9.17) is 10.5 Å². The van der Waals surface area contributed by atoms with E-state index < -0.39 is 0 Å². The Balaban J connectivity index is 0.000000980. The average Bonchev–Trinajstić information content (AvgIpc) is 2.16. The molecule has 1 aromatic carbocycles. The van der Waals surface area contributed by atoms with Gasteiger partial charge in [-0.15, -0.1) is 24.0 Å². The molecule has 0 amide bonds. The van der Waals surface area contributed by atoms with E-state index in [9.17, 15) is 0 Å². The Hall–Kier alpha value is -0.980. The Morgan fingerprint density at radius 3 is 3.00 bits per heavy atom. The molecule has 14 heavy (non-hydrogen) atoms. The van der Waals surface area contributed by atoms with Crippen LogP contribution in [0.15, 0.2) is 23.2 Å². The van der Waals surface area contributed by atoms with Crippen molar-refractivity contribution in [1.82, 2.24) is 0 Å². The fourth-order valence-electron chi connectivity index (χ4n) is 1.28.